The molecule has 0 spiro atoms. The Bertz CT molecular complexity index is 584. The first-order valence-corrected chi connectivity index (χ1v) is 6.95. The molecule has 21 heavy (non-hydrogen) atoms. The van der Waals surface area contributed by atoms with Gasteiger partial charge in [-0.05, 0) is 44.2 Å². The van der Waals surface area contributed by atoms with Crippen molar-refractivity contribution in [1.82, 2.24) is 5.32 Å². The molecular formula is C17H20FNO2. The van der Waals surface area contributed by atoms with Crippen LogP contribution in [0.1, 0.15) is 18.1 Å². The van der Waals surface area contributed by atoms with E-state index < -0.39 is 0 Å². The fourth-order valence-electron chi connectivity index (χ4n) is 1.89. The van der Waals surface area contributed by atoms with Gasteiger partial charge in [-0.1, -0.05) is 17.7 Å². The summed E-state index contributed by atoms with van der Waals surface area (Å²) in [5.74, 6) is 0.562. The molecule has 0 saturated carbocycles. The highest BCUT2D eigenvalue weighted by molar-refractivity contribution is 5.32. The number of phenolic OH excluding ortho intramolecular Hbond substituents is 1. The van der Waals surface area contributed by atoms with Gasteiger partial charge in [0, 0.05) is 18.2 Å². The van der Waals surface area contributed by atoms with Crippen LogP contribution in [0.25, 0.3) is 0 Å². The summed E-state index contributed by atoms with van der Waals surface area (Å²) < 4.78 is 18.8. The fourth-order valence-corrected chi connectivity index (χ4v) is 1.89. The number of hydrogen-bond acceptors (Lipinski definition) is 3. The molecule has 0 saturated heterocycles. The Morgan fingerprint density at radius 3 is 2.62 bits per heavy atom. The average Bonchev–Trinajstić information content (AvgIpc) is 2.47. The maximum atomic E-state index is 13.1. The first kappa shape index (κ1) is 15.3. The van der Waals surface area contributed by atoms with Crippen molar-refractivity contribution in [1.29, 1.82) is 0 Å². The maximum absolute atomic E-state index is 13.1. The van der Waals surface area contributed by atoms with Crippen molar-refractivity contribution < 1.29 is 14.2 Å². The number of ether oxygens (including phenoxy) is 1. The van der Waals surface area contributed by atoms with Gasteiger partial charge in [0.25, 0.3) is 0 Å². The predicted octanol–water partition coefficient (Wildman–Crippen LogP) is 3.40. The van der Waals surface area contributed by atoms with Crippen LogP contribution >= 0.6 is 0 Å². The number of hydrogen-bond donors (Lipinski definition) is 2. The number of benzene rings is 2. The molecule has 2 aromatic carbocycles. The number of phenols is 1. The second-order valence-electron chi connectivity index (χ2n) is 5.18. The van der Waals surface area contributed by atoms with E-state index >= 15 is 0 Å². The molecule has 0 amide bonds. The highest BCUT2D eigenvalue weighted by Crippen LogP contribution is 2.17. The zero-order chi connectivity index (χ0) is 15.2. The molecule has 0 aromatic heterocycles. The van der Waals surface area contributed by atoms with E-state index in [0.717, 1.165) is 5.75 Å². The van der Waals surface area contributed by atoms with E-state index in [4.69, 9.17) is 4.74 Å². The van der Waals surface area contributed by atoms with Gasteiger partial charge in [0.05, 0.1) is 0 Å². The average molecular weight is 289 g/mol. The fraction of sp³-hybridized carbons (Fsp3) is 0.294. The molecule has 2 rings (SSSR count). The normalized spacial score (nSPS) is 12.1. The number of nitrogens with one attached hydrogen (secondary N) is 1. The highest BCUT2D eigenvalue weighted by atomic mass is 19.1. The summed E-state index contributed by atoms with van der Waals surface area (Å²) in [5, 5.41) is 12.8. The molecular weight excluding hydrogens is 269 g/mol. The van der Waals surface area contributed by atoms with E-state index in [9.17, 15) is 9.50 Å². The minimum Gasteiger partial charge on any atom is -0.508 e. The molecule has 0 radical (unpaired) electrons. The van der Waals surface area contributed by atoms with Gasteiger partial charge in [-0.15, -0.1) is 0 Å². The van der Waals surface area contributed by atoms with Gasteiger partial charge in [-0.2, -0.15) is 0 Å². The lowest BCUT2D eigenvalue weighted by Crippen LogP contribution is -2.31. The molecule has 1 atom stereocenters. The second kappa shape index (κ2) is 7.09. The molecule has 4 heteroatoms. The zero-order valence-corrected chi connectivity index (χ0v) is 12.3. The van der Waals surface area contributed by atoms with Crippen molar-refractivity contribution >= 4 is 0 Å². The van der Waals surface area contributed by atoms with Gasteiger partial charge in [-0.25, -0.2) is 4.39 Å². The Kier molecular flexibility index (Phi) is 5.17. The summed E-state index contributed by atoms with van der Waals surface area (Å²) in [4.78, 5) is 0. The quantitative estimate of drug-likeness (QED) is 0.856. The van der Waals surface area contributed by atoms with Crippen LogP contribution in [0.2, 0.25) is 0 Å². The lowest BCUT2D eigenvalue weighted by atomic mass is 10.2. The van der Waals surface area contributed by atoms with E-state index in [1.54, 1.807) is 0 Å². The summed E-state index contributed by atoms with van der Waals surface area (Å²) in [7, 11) is 0. The van der Waals surface area contributed by atoms with E-state index in [1.807, 2.05) is 38.1 Å². The molecule has 0 bridgehead atoms. The monoisotopic (exact) mass is 289 g/mol. The summed E-state index contributed by atoms with van der Waals surface area (Å²) in [5.41, 5.74) is 1.73. The molecule has 0 aliphatic carbocycles. The van der Waals surface area contributed by atoms with Gasteiger partial charge in [0.1, 0.15) is 23.9 Å². The third-order valence-electron chi connectivity index (χ3n) is 3.20. The van der Waals surface area contributed by atoms with Gasteiger partial charge in [0.2, 0.25) is 0 Å². The second-order valence-corrected chi connectivity index (χ2v) is 5.18. The molecule has 0 heterocycles. The van der Waals surface area contributed by atoms with Crippen molar-refractivity contribution in [3.63, 3.8) is 0 Å². The summed E-state index contributed by atoms with van der Waals surface area (Å²) in [6, 6.07) is 11.9. The Morgan fingerprint density at radius 2 is 1.90 bits per heavy atom. The van der Waals surface area contributed by atoms with Crippen molar-refractivity contribution in [2.24, 2.45) is 0 Å². The molecule has 1 unspecified atom stereocenters. The number of aromatic hydroxyl groups is 1. The zero-order valence-electron chi connectivity index (χ0n) is 12.3. The Labute approximate surface area is 124 Å². The van der Waals surface area contributed by atoms with Crippen LogP contribution in [0.3, 0.4) is 0 Å². The van der Waals surface area contributed by atoms with Gasteiger partial charge < -0.3 is 15.2 Å². The van der Waals surface area contributed by atoms with Crippen molar-refractivity contribution in [2.75, 3.05) is 6.61 Å². The maximum Gasteiger partial charge on any atom is 0.123 e. The Hall–Kier alpha value is -2.07. The first-order valence-electron chi connectivity index (χ1n) is 6.95. The van der Waals surface area contributed by atoms with E-state index in [1.165, 1.54) is 23.8 Å². The van der Waals surface area contributed by atoms with Crippen LogP contribution in [0.5, 0.6) is 11.5 Å². The molecule has 3 nitrogen and oxygen atoms in total. The van der Waals surface area contributed by atoms with Gasteiger partial charge >= 0.3 is 0 Å². The topological polar surface area (TPSA) is 41.5 Å². The van der Waals surface area contributed by atoms with E-state index in [2.05, 4.69) is 5.32 Å². The Balaban J connectivity index is 1.80. The van der Waals surface area contributed by atoms with Crippen LogP contribution in [0, 0.1) is 12.7 Å². The number of halogens is 1. The third-order valence-corrected chi connectivity index (χ3v) is 3.20. The van der Waals surface area contributed by atoms with E-state index in [-0.39, 0.29) is 17.6 Å². The SMILES string of the molecule is Cc1ccc(OCC(C)NCc2cc(F)ccc2O)cc1. The minimum absolute atomic E-state index is 0.0778. The molecule has 0 aliphatic rings. The van der Waals surface area contributed by atoms with Gasteiger partial charge in [0.15, 0.2) is 0 Å². The van der Waals surface area contributed by atoms with Crippen LogP contribution in [-0.4, -0.2) is 17.8 Å². The van der Waals surface area contributed by atoms with Crippen molar-refractivity contribution in [2.45, 2.75) is 26.4 Å². The lowest BCUT2D eigenvalue weighted by molar-refractivity contribution is 0.272. The lowest BCUT2D eigenvalue weighted by Gasteiger charge is -2.15. The van der Waals surface area contributed by atoms with Crippen LogP contribution in [0.4, 0.5) is 4.39 Å². The Morgan fingerprint density at radius 1 is 1.19 bits per heavy atom. The largest absolute Gasteiger partial charge is 0.508 e. The van der Waals surface area contributed by atoms with Crippen molar-refractivity contribution in [3.8, 4) is 11.5 Å². The summed E-state index contributed by atoms with van der Waals surface area (Å²) >= 11 is 0. The number of aryl methyl sites for hydroxylation is 1. The van der Waals surface area contributed by atoms with Crippen LogP contribution < -0.4 is 10.1 Å². The smallest absolute Gasteiger partial charge is 0.123 e. The molecule has 2 aromatic rings. The molecule has 112 valence electrons. The molecule has 2 N–H and O–H groups in total. The summed E-state index contributed by atoms with van der Waals surface area (Å²) in [6.45, 7) is 4.89. The minimum atomic E-state index is -0.354. The van der Waals surface area contributed by atoms with Crippen LogP contribution in [0.15, 0.2) is 42.5 Å². The molecule has 0 fully saturated rings. The summed E-state index contributed by atoms with van der Waals surface area (Å²) in [6.07, 6.45) is 0. The van der Waals surface area contributed by atoms with Crippen LogP contribution in [-0.2, 0) is 6.54 Å². The standard InChI is InChI=1S/C17H20FNO2/c1-12-3-6-16(7-4-12)21-11-13(2)19-10-14-9-15(18)5-8-17(14)20/h3-9,13,19-20H,10-11H2,1-2H3. The highest BCUT2D eigenvalue weighted by Gasteiger charge is 2.06. The molecule has 0 aliphatic heterocycles. The van der Waals surface area contributed by atoms with E-state index in [0.29, 0.717) is 18.7 Å². The third kappa shape index (κ3) is 4.76. The first-order chi connectivity index (χ1) is 10.0. The predicted molar refractivity (Wildman–Crippen MR) is 81.0 cm³/mol. The van der Waals surface area contributed by atoms with Gasteiger partial charge in [-0.3, -0.25) is 0 Å². The number of rotatable bonds is 6. The van der Waals surface area contributed by atoms with Crippen molar-refractivity contribution in [3.05, 3.63) is 59.4 Å².